The summed E-state index contributed by atoms with van der Waals surface area (Å²) in [4.78, 5) is 10.2. The minimum Gasteiger partial charge on any atom is -0.251 e. The van der Waals surface area contributed by atoms with E-state index in [9.17, 15) is 0 Å². The van der Waals surface area contributed by atoms with Gasteiger partial charge >= 0.3 is 0 Å². The molecule has 0 aliphatic carbocycles. The first-order chi connectivity index (χ1) is 16.9. The third kappa shape index (κ3) is 11.8. The molecule has 0 bridgehead atoms. The van der Waals surface area contributed by atoms with Gasteiger partial charge in [-0.1, -0.05) is 77.0 Å². The van der Waals surface area contributed by atoms with Crippen molar-refractivity contribution >= 4 is 22.8 Å². The van der Waals surface area contributed by atoms with E-state index in [1.807, 2.05) is 0 Å². The third-order valence-electron chi connectivity index (χ3n) is 6.81. The van der Waals surface area contributed by atoms with Crippen molar-refractivity contribution in [1.82, 2.24) is 0 Å². The van der Waals surface area contributed by atoms with Gasteiger partial charge in [-0.2, -0.15) is 0 Å². The van der Waals surface area contributed by atoms with E-state index < -0.39 is 0 Å². The molecule has 0 radical (unpaired) electrons. The fraction of sp³-hybridized carbons (Fsp3) is 0.515. The summed E-state index contributed by atoms with van der Waals surface area (Å²) >= 11 is 0. The van der Waals surface area contributed by atoms with Gasteiger partial charge in [-0.25, -0.2) is 4.99 Å². The predicted molar refractivity (Wildman–Crippen MR) is 157 cm³/mol. The van der Waals surface area contributed by atoms with Crippen LogP contribution in [0.2, 0.25) is 0 Å². The Morgan fingerprint density at radius 3 is 1.72 bits per heavy atom. The van der Waals surface area contributed by atoms with Gasteiger partial charge in [0.1, 0.15) is 0 Å². The summed E-state index contributed by atoms with van der Waals surface area (Å²) in [7, 11) is 0. The average molecular weight is 531 g/mol. The zero-order chi connectivity index (χ0) is 25.5. The van der Waals surface area contributed by atoms with Gasteiger partial charge in [0, 0.05) is 16.5 Å². The molecule has 0 spiro atoms. The molecular formula is C33H48N2Ni. The second kappa shape index (κ2) is 18.3. The van der Waals surface area contributed by atoms with Crippen LogP contribution in [-0.4, -0.2) is 11.4 Å². The van der Waals surface area contributed by atoms with Gasteiger partial charge in [0.25, 0.3) is 0 Å². The van der Waals surface area contributed by atoms with Crippen molar-refractivity contribution in [2.45, 2.75) is 112 Å². The normalized spacial score (nSPS) is 12.3. The topological polar surface area (TPSA) is 24.7 Å². The van der Waals surface area contributed by atoms with E-state index in [4.69, 9.17) is 9.98 Å². The summed E-state index contributed by atoms with van der Waals surface area (Å²) in [6.45, 7) is 13.1. The minimum absolute atomic E-state index is 0. The number of benzene rings is 2. The van der Waals surface area contributed by atoms with E-state index >= 15 is 0 Å². The van der Waals surface area contributed by atoms with Gasteiger partial charge in [0.05, 0.1) is 22.8 Å². The van der Waals surface area contributed by atoms with Crippen LogP contribution in [0.4, 0.5) is 11.4 Å². The fourth-order valence-corrected chi connectivity index (χ4v) is 4.08. The van der Waals surface area contributed by atoms with Crippen molar-refractivity contribution < 1.29 is 16.5 Å². The maximum Gasteiger partial charge on any atom is 0.0848 e. The molecule has 0 amide bonds. The zero-order valence-electron chi connectivity index (χ0n) is 23.6. The van der Waals surface area contributed by atoms with Gasteiger partial charge in [-0.05, 0) is 106 Å². The second-order valence-electron chi connectivity index (χ2n) is 10.0. The average Bonchev–Trinajstić information content (AvgIpc) is 2.84. The van der Waals surface area contributed by atoms with Crippen LogP contribution in [0.15, 0.2) is 58.5 Å². The van der Waals surface area contributed by atoms with Gasteiger partial charge < -0.3 is 0 Å². The monoisotopic (exact) mass is 530 g/mol. The molecule has 0 aliphatic heterocycles. The molecule has 0 aliphatic rings. The van der Waals surface area contributed by atoms with Crippen molar-refractivity contribution in [3.05, 3.63) is 70.8 Å². The van der Waals surface area contributed by atoms with Crippen LogP contribution in [0.25, 0.3) is 0 Å². The van der Waals surface area contributed by atoms with Crippen LogP contribution in [0, 0.1) is 27.7 Å². The Balaban J connectivity index is 0.00000648. The molecule has 3 heteroatoms. The standard InChI is InChI=1S/C33H48N2.Ni/c1-7-9-11-12-13-14-15-16-17-19-33(35-31-23-21-27(4)29(6)25-31)32(18-10-8-2)34-30-22-20-26(3)28(5)24-30;/h17,19-25H,7-16,18H2,1-6H3;/b19-17+,34-32+,35-33+;. The number of aliphatic imine (C=N–C) groups is 2. The van der Waals surface area contributed by atoms with Crippen LogP contribution < -0.4 is 0 Å². The van der Waals surface area contributed by atoms with Gasteiger partial charge in [-0.15, -0.1) is 0 Å². The SMILES string of the molecule is CCCCCCCCC/C=C/C(=N\c1ccc(C)c(C)c1)C(/CCCC)=N/c1ccc(C)c(C)c1.[Ni]. The minimum atomic E-state index is 0. The molecule has 2 aromatic carbocycles. The molecule has 0 aromatic heterocycles. The van der Waals surface area contributed by atoms with Crippen molar-refractivity contribution in [3.8, 4) is 0 Å². The first-order valence-corrected chi connectivity index (χ1v) is 13.9. The van der Waals surface area contributed by atoms with E-state index in [0.29, 0.717) is 0 Å². The van der Waals surface area contributed by atoms with Gasteiger partial charge in [0.2, 0.25) is 0 Å². The molecule has 200 valence electrons. The molecule has 2 aromatic rings. The first kappa shape index (κ1) is 32.0. The van der Waals surface area contributed by atoms with Crippen LogP contribution >= 0.6 is 0 Å². The summed E-state index contributed by atoms with van der Waals surface area (Å²) in [5.74, 6) is 0. The smallest absolute Gasteiger partial charge is 0.0848 e. The number of nitrogens with zero attached hydrogens (tertiary/aromatic N) is 2. The summed E-state index contributed by atoms with van der Waals surface area (Å²) in [5, 5.41) is 0. The van der Waals surface area contributed by atoms with E-state index in [1.54, 1.807) is 0 Å². The van der Waals surface area contributed by atoms with Crippen molar-refractivity contribution in [2.24, 2.45) is 9.98 Å². The molecule has 0 saturated heterocycles. The number of hydrogen-bond donors (Lipinski definition) is 0. The maximum atomic E-state index is 5.13. The zero-order valence-corrected chi connectivity index (χ0v) is 24.6. The predicted octanol–water partition coefficient (Wildman–Crippen LogP) is 10.7. The summed E-state index contributed by atoms with van der Waals surface area (Å²) < 4.78 is 0. The van der Waals surface area contributed by atoms with E-state index in [0.717, 1.165) is 48.5 Å². The fourth-order valence-electron chi connectivity index (χ4n) is 4.08. The number of aryl methyl sites for hydroxylation is 4. The van der Waals surface area contributed by atoms with E-state index in [-0.39, 0.29) is 16.5 Å². The maximum absolute atomic E-state index is 5.13. The Bertz CT molecular complexity index is 1000. The van der Waals surface area contributed by atoms with Crippen molar-refractivity contribution in [2.75, 3.05) is 0 Å². The van der Waals surface area contributed by atoms with Crippen molar-refractivity contribution in [1.29, 1.82) is 0 Å². The molecule has 0 fully saturated rings. The summed E-state index contributed by atoms with van der Waals surface area (Å²) in [6, 6.07) is 13.0. The Morgan fingerprint density at radius 1 is 0.639 bits per heavy atom. The van der Waals surface area contributed by atoms with Gasteiger partial charge in [0.15, 0.2) is 0 Å². The second-order valence-corrected chi connectivity index (χ2v) is 10.0. The molecule has 0 N–H and O–H groups in total. The molecule has 2 nitrogen and oxygen atoms in total. The number of allylic oxidation sites excluding steroid dienone is 2. The number of hydrogen-bond acceptors (Lipinski definition) is 2. The number of rotatable bonds is 15. The molecule has 0 heterocycles. The van der Waals surface area contributed by atoms with E-state index in [2.05, 4.69) is 90.1 Å². The van der Waals surface area contributed by atoms with Crippen LogP contribution in [0.5, 0.6) is 0 Å². The summed E-state index contributed by atoms with van der Waals surface area (Å²) in [5.41, 5.74) is 9.28. The Labute approximate surface area is 231 Å². The van der Waals surface area contributed by atoms with Crippen LogP contribution in [0.3, 0.4) is 0 Å². The van der Waals surface area contributed by atoms with Crippen LogP contribution in [0.1, 0.15) is 107 Å². The van der Waals surface area contributed by atoms with Gasteiger partial charge in [-0.3, -0.25) is 4.99 Å². The molecular weight excluding hydrogens is 483 g/mol. The first-order valence-electron chi connectivity index (χ1n) is 13.9. The molecule has 2 rings (SSSR count). The Morgan fingerprint density at radius 2 is 1.17 bits per heavy atom. The Kier molecular flexibility index (Phi) is 16.3. The largest absolute Gasteiger partial charge is 0.251 e. The molecule has 0 saturated carbocycles. The quantitative estimate of drug-likeness (QED) is 0.124. The van der Waals surface area contributed by atoms with Crippen molar-refractivity contribution in [3.63, 3.8) is 0 Å². The Hall–Kier alpha value is -1.99. The van der Waals surface area contributed by atoms with E-state index in [1.165, 1.54) is 67.2 Å². The molecule has 0 atom stereocenters. The summed E-state index contributed by atoms with van der Waals surface area (Å²) in [6.07, 6.45) is 18.2. The molecule has 36 heavy (non-hydrogen) atoms. The van der Waals surface area contributed by atoms with Crippen LogP contribution in [-0.2, 0) is 16.5 Å². The number of unbranched alkanes of at least 4 members (excludes halogenated alkanes) is 8. The third-order valence-corrected chi connectivity index (χ3v) is 6.81. The molecule has 0 unspecified atom stereocenters.